The van der Waals surface area contributed by atoms with Crippen LogP contribution >= 0.6 is 23.2 Å². The topological polar surface area (TPSA) is 43.4 Å². The van der Waals surface area contributed by atoms with Crippen molar-refractivity contribution in [1.82, 2.24) is 0 Å². The van der Waals surface area contributed by atoms with E-state index in [2.05, 4.69) is 0 Å². The lowest BCUT2D eigenvalue weighted by molar-refractivity contribution is -0.191. The highest BCUT2D eigenvalue weighted by molar-refractivity contribution is 6.32. The Morgan fingerprint density at radius 3 is 2.14 bits per heavy atom. The predicted molar refractivity (Wildman–Crippen MR) is 114 cm³/mol. The van der Waals surface area contributed by atoms with Gasteiger partial charge in [0, 0.05) is 10.9 Å². The van der Waals surface area contributed by atoms with Gasteiger partial charge in [-0.2, -0.15) is 0 Å². The third kappa shape index (κ3) is 3.49. The molecule has 5 heteroatoms. The maximum Gasteiger partial charge on any atom is 0.175 e. The third-order valence-corrected chi connectivity index (χ3v) is 6.78. The van der Waals surface area contributed by atoms with Crippen molar-refractivity contribution in [3.8, 4) is 0 Å². The van der Waals surface area contributed by atoms with Crippen molar-refractivity contribution in [3.63, 3.8) is 0 Å². The van der Waals surface area contributed by atoms with Crippen molar-refractivity contribution >= 4 is 40.3 Å². The summed E-state index contributed by atoms with van der Waals surface area (Å²) in [6.07, 6.45) is 6.35. The van der Waals surface area contributed by atoms with E-state index in [1.165, 1.54) is 0 Å². The van der Waals surface area contributed by atoms with Crippen LogP contribution in [0.3, 0.4) is 0 Å². The maximum absolute atomic E-state index is 13.3. The van der Waals surface area contributed by atoms with E-state index in [1.807, 2.05) is 49.4 Å². The highest BCUT2D eigenvalue weighted by Crippen LogP contribution is 2.47. The fourth-order valence-electron chi connectivity index (χ4n) is 4.26. The van der Waals surface area contributed by atoms with Crippen molar-refractivity contribution in [3.05, 3.63) is 53.1 Å². The summed E-state index contributed by atoms with van der Waals surface area (Å²) in [4.78, 5) is 25.7. The van der Waals surface area contributed by atoms with Gasteiger partial charge in [0.05, 0.1) is 10.8 Å². The van der Waals surface area contributed by atoms with E-state index in [0.717, 1.165) is 11.1 Å². The molecule has 150 valence electrons. The van der Waals surface area contributed by atoms with Crippen LogP contribution in [0.15, 0.2) is 42.5 Å². The molecule has 2 aliphatic rings. The van der Waals surface area contributed by atoms with E-state index in [0.29, 0.717) is 11.4 Å². The summed E-state index contributed by atoms with van der Waals surface area (Å²) < 4.78 is 5.84. The average molecular weight is 421 g/mol. The number of ether oxygens (including phenoxy) is 1. The molecule has 0 saturated carbocycles. The minimum atomic E-state index is -1.06. The Morgan fingerprint density at radius 2 is 1.61 bits per heavy atom. The normalized spacial score (nSPS) is 29.7. The van der Waals surface area contributed by atoms with Crippen LogP contribution in [-0.2, 0) is 14.3 Å². The fraction of sp³-hybridized carbons (Fsp3) is 0.478. The number of benzene rings is 1. The molecule has 1 aliphatic carbocycles. The number of ketones is 2. The van der Waals surface area contributed by atoms with Crippen molar-refractivity contribution in [2.45, 2.75) is 57.1 Å². The van der Waals surface area contributed by atoms with E-state index in [4.69, 9.17) is 27.9 Å². The number of allylic oxidation sites excluding steroid dienone is 4. The van der Waals surface area contributed by atoms with Crippen LogP contribution in [0.1, 0.15) is 46.6 Å². The molecular formula is C23H26Cl2O3. The molecule has 2 atom stereocenters. The molecule has 28 heavy (non-hydrogen) atoms. The summed E-state index contributed by atoms with van der Waals surface area (Å²) in [6, 6.07) is 7.51. The first-order valence-corrected chi connectivity index (χ1v) is 10.3. The van der Waals surface area contributed by atoms with Gasteiger partial charge in [0.2, 0.25) is 0 Å². The molecule has 0 amide bonds. The third-order valence-electron chi connectivity index (χ3n) is 5.80. The van der Waals surface area contributed by atoms with Crippen molar-refractivity contribution in [2.24, 2.45) is 11.8 Å². The number of alkyl halides is 1. The molecule has 0 radical (unpaired) electrons. The van der Waals surface area contributed by atoms with E-state index < -0.39 is 27.9 Å². The largest absolute Gasteiger partial charge is 0.354 e. The summed E-state index contributed by atoms with van der Waals surface area (Å²) in [5.41, 5.74) is -0.408. The summed E-state index contributed by atoms with van der Waals surface area (Å²) in [5.74, 6) is -1.83. The lowest BCUT2D eigenvalue weighted by atomic mass is 9.66. The predicted octanol–water partition coefficient (Wildman–Crippen LogP) is 5.64. The van der Waals surface area contributed by atoms with Crippen LogP contribution in [0.4, 0.5) is 0 Å². The first-order chi connectivity index (χ1) is 12.9. The van der Waals surface area contributed by atoms with E-state index in [-0.39, 0.29) is 11.6 Å². The highest BCUT2D eigenvalue weighted by atomic mass is 35.5. The van der Waals surface area contributed by atoms with Gasteiger partial charge in [-0.15, -0.1) is 11.6 Å². The summed E-state index contributed by atoms with van der Waals surface area (Å²) in [6.45, 7) is 8.83. The molecular weight excluding hydrogens is 395 g/mol. The molecule has 0 spiro atoms. The van der Waals surface area contributed by atoms with E-state index in [1.54, 1.807) is 27.7 Å². The zero-order valence-corrected chi connectivity index (χ0v) is 18.4. The summed E-state index contributed by atoms with van der Waals surface area (Å²) in [5, 5.41) is 0.612. The van der Waals surface area contributed by atoms with Crippen LogP contribution in [0.5, 0.6) is 0 Å². The summed E-state index contributed by atoms with van der Waals surface area (Å²) in [7, 11) is 0. The minimum absolute atomic E-state index is 0.231. The van der Waals surface area contributed by atoms with E-state index >= 15 is 0 Å². The van der Waals surface area contributed by atoms with Crippen LogP contribution in [-0.4, -0.2) is 27.6 Å². The van der Waals surface area contributed by atoms with Gasteiger partial charge in [0.1, 0.15) is 11.2 Å². The Balaban J connectivity index is 2.15. The second-order valence-electron chi connectivity index (χ2n) is 8.57. The Labute approximate surface area is 176 Å². The van der Waals surface area contributed by atoms with Gasteiger partial charge >= 0.3 is 0 Å². The van der Waals surface area contributed by atoms with Crippen LogP contribution in [0, 0.1) is 11.8 Å². The van der Waals surface area contributed by atoms with Gasteiger partial charge in [-0.1, -0.05) is 55.0 Å². The van der Waals surface area contributed by atoms with Gasteiger partial charge in [0.25, 0.3) is 0 Å². The molecule has 3 nitrogen and oxygen atoms in total. The summed E-state index contributed by atoms with van der Waals surface area (Å²) >= 11 is 13.3. The van der Waals surface area contributed by atoms with Gasteiger partial charge in [-0.05, 0) is 51.3 Å². The minimum Gasteiger partial charge on any atom is -0.354 e. The molecule has 1 saturated heterocycles. The number of halogens is 2. The molecule has 1 heterocycles. The molecule has 1 aromatic carbocycles. The fourth-order valence-corrected chi connectivity index (χ4v) is 4.76. The molecule has 0 N–H and O–H groups in total. The first kappa shape index (κ1) is 21.3. The van der Waals surface area contributed by atoms with Crippen LogP contribution < -0.4 is 0 Å². The number of hydrogen-bond donors (Lipinski definition) is 0. The SMILES string of the molecule is CCC1(Cl)C=CC(c2ccccc2Cl)=CC1C1C(=O)C(C)(C)OC(C)(C)C1=O. The second-order valence-corrected chi connectivity index (χ2v) is 9.68. The molecule has 0 aromatic heterocycles. The second kappa shape index (κ2) is 7.12. The standard InChI is InChI=1S/C23H26Cl2O3/c1-6-23(25)12-11-14(15-9-7-8-10-17(15)24)13-16(23)18-19(26)21(2,3)28-22(4,5)20(18)27/h7-13,16,18H,6H2,1-5H3. The Morgan fingerprint density at radius 1 is 1.04 bits per heavy atom. The molecule has 1 fully saturated rings. The Hall–Kier alpha value is -1.42. The number of carbonyl (C=O) groups excluding carboxylic acids is 2. The number of rotatable bonds is 3. The number of Topliss-reactive ketones (excluding diaryl/α,β-unsaturated/α-hetero) is 2. The van der Waals surface area contributed by atoms with Crippen LogP contribution in [0.2, 0.25) is 5.02 Å². The van der Waals surface area contributed by atoms with Gasteiger partial charge in [-0.25, -0.2) is 0 Å². The quantitative estimate of drug-likeness (QED) is 0.469. The molecule has 3 rings (SSSR count). The number of carbonyl (C=O) groups is 2. The highest BCUT2D eigenvalue weighted by Gasteiger charge is 2.57. The Kier molecular flexibility index (Phi) is 5.42. The van der Waals surface area contributed by atoms with Crippen molar-refractivity contribution in [2.75, 3.05) is 0 Å². The zero-order valence-electron chi connectivity index (χ0n) is 16.9. The van der Waals surface area contributed by atoms with Crippen molar-refractivity contribution in [1.29, 1.82) is 0 Å². The zero-order chi connectivity index (χ0) is 20.9. The first-order valence-electron chi connectivity index (χ1n) is 9.56. The Bertz CT molecular complexity index is 856. The average Bonchev–Trinajstić information content (AvgIpc) is 2.62. The smallest absolute Gasteiger partial charge is 0.175 e. The van der Waals surface area contributed by atoms with Gasteiger partial charge in [0.15, 0.2) is 11.6 Å². The number of hydrogen-bond acceptors (Lipinski definition) is 3. The van der Waals surface area contributed by atoms with Gasteiger partial charge < -0.3 is 4.74 Å². The van der Waals surface area contributed by atoms with Crippen molar-refractivity contribution < 1.29 is 14.3 Å². The lowest BCUT2D eigenvalue weighted by Gasteiger charge is -2.47. The van der Waals surface area contributed by atoms with Gasteiger partial charge in [-0.3, -0.25) is 9.59 Å². The molecule has 0 bridgehead atoms. The molecule has 2 unspecified atom stereocenters. The van der Waals surface area contributed by atoms with Crippen LogP contribution in [0.25, 0.3) is 5.57 Å². The monoisotopic (exact) mass is 420 g/mol. The lowest BCUT2D eigenvalue weighted by Crippen LogP contribution is -2.62. The molecule has 1 aromatic rings. The maximum atomic E-state index is 13.3. The van der Waals surface area contributed by atoms with E-state index in [9.17, 15) is 9.59 Å². The molecule has 1 aliphatic heterocycles.